The van der Waals surface area contributed by atoms with E-state index >= 15 is 0 Å². The van der Waals surface area contributed by atoms with Gasteiger partial charge in [0.15, 0.2) is 18.1 Å². The molecule has 2 aromatic rings. The zero-order chi connectivity index (χ0) is 18.4. The first-order valence-electron chi connectivity index (χ1n) is 8.17. The van der Waals surface area contributed by atoms with Gasteiger partial charge in [-0.25, -0.2) is 0 Å². The monoisotopic (exact) mass is 391 g/mol. The lowest BCUT2D eigenvalue weighted by Crippen LogP contribution is -2.20. The SMILES string of the molecule is COc1cccc(NC(=O)COc2ccc(C3SCCS3)cc2OC)c1. The Balaban J connectivity index is 1.60. The molecule has 0 aliphatic carbocycles. The Kier molecular flexibility index (Phi) is 6.57. The highest BCUT2D eigenvalue weighted by Gasteiger charge is 2.20. The van der Waals surface area contributed by atoms with Crippen molar-refractivity contribution in [1.82, 2.24) is 0 Å². The van der Waals surface area contributed by atoms with E-state index in [2.05, 4.69) is 5.32 Å². The fourth-order valence-corrected chi connectivity index (χ4v) is 5.38. The van der Waals surface area contributed by atoms with E-state index < -0.39 is 0 Å². The highest BCUT2D eigenvalue weighted by atomic mass is 32.2. The van der Waals surface area contributed by atoms with Crippen molar-refractivity contribution in [2.24, 2.45) is 0 Å². The van der Waals surface area contributed by atoms with Crippen LogP contribution in [-0.2, 0) is 4.79 Å². The fraction of sp³-hybridized carbons (Fsp3) is 0.316. The zero-order valence-electron chi connectivity index (χ0n) is 14.7. The molecule has 2 aromatic carbocycles. The topological polar surface area (TPSA) is 56.8 Å². The standard InChI is InChI=1S/C19H21NO4S2/c1-22-15-5-3-4-14(11-15)20-18(21)12-24-16-7-6-13(10-17(16)23-2)19-25-8-9-26-19/h3-7,10-11,19H,8-9,12H2,1-2H3,(H,20,21). The predicted octanol–water partition coefficient (Wildman–Crippen LogP) is 4.20. The second-order valence-electron chi connectivity index (χ2n) is 5.55. The number of methoxy groups -OCH3 is 2. The number of anilines is 1. The van der Waals surface area contributed by atoms with E-state index in [0.717, 1.165) is 0 Å². The number of ether oxygens (including phenoxy) is 3. The van der Waals surface area contributed by atoms with Crippen molar-refractivity contribution >= 4 is 35.1 Å². The lowest BCUT2D eigenvalue weighted by molar-refractivity contribution is -0.118. The molecule has 1 N–H and O–H groups in total. The first-order valence-corrected chi connectivity index (χ1v) is 10.3. The number of amides is 1. The van der Waals surface area contributed by atoms with E-state index in [-0.39, 0.29) is 12.5 Å². The molecule has 1 aliphatic heterocycles. The summed E-state index contributed by atoms with van der Waals surface area (Å²) in [5, 5.41) is 2.79. The third-order valence-electron chi connectivity index (χ3n) is 3.79. The van der Waals surface area contributed by atoms with Crippen LogP contribution in [0.25, 0.3) is 0 Å². The fourth-order valence-electron chi connectivity index (χ4n) is 2.54. The molecule has 26 heavy (non-hydrogen) atoms. The summed E-state index contributed by atoms with van der Waals surface area (Å²) >= 11 is 3.87. The number of rotatable bonds is 7. The van der Waals surface area contributed by atoms with Crippen LogP contribution < -0.4 is 19.5 Å². The quantitative estimate of drug-likeness (QED) is 0.763. The predicted molar refractivity (Wildman–Crippen MR) is 108 cm³/mol. The van der Waals surface area contributed by atoms with Crippen LogP contribution in [-0.4, -0.2) is 38.2 Å². The van der Waals surface area contributed by atoms with Crippen molar-refractivity contribution in [1.29, 1.82) is 0 Å². The normalized spacial score (nSPS) is 14.1. The molecule has 1 heterocycles. The maximum atomic E-state index is 12.1. The van der Waals surface area contributed by atoms with Gasteiger partial charge in [0, 0.05) is 23.3 Å². The molecule has 0 atom stereocenters. The summed E-state index contributed by atoms with van der Waals surface area (Å²) < 4.78 is 16.7. The molecule has 0 bridgehead atoms. The third-order valence-corrected chi connectivity index (χ3v) is 6.90. The van der Waals surface area contributed by atoms with Crippen LogP contribution in [0, 0.1) is 0 Å². The molecule has 1 aliphatic rings. The van der Waals surface area contributed by atoms with Gasteiger partial charge in [0.1, 0.15) is 5.75 Å². The Morgan fingerprint density at radius 2 is 1.88 bits per heavy atom. The Labute approximate surface area is 161 Å². The number of nitrogens with one attached hydrogen (secondary N) is 1. The maximum absolute atomic E-state index is 12.1. The number of hydrogen-bond acceptors (Lipinski definition) is 6. The highest BCUT2D eigenvalue weighted by Crippen LogP contribution is 2.46. The molecule has 1 amide bonds. The van der Waals surface area contributed by atoms with Gasteiger partial charge in [0.2, 0.25) is 0 Å². The van der Waals surface area contributed by atoms with Crippen molar-refractivity contribution in [2.75, 3.05) is 37.6 Å². The van der Waals surface area contributed by atoms with Crippen LogP contribution >= 0.6 is 23.5 Å². The lowest BCUT2D eigenvalue weighted by Gasteiger charge is -2.14. The minimum absolute atomic E-state index is 0.0974. The van der Waals surface area contributed by atoms with Gasteiger partial charge in [-0.2, -0.15) is 0 Å². The average molecular weight is 392 g/mol. The van der Waals surface area contributed by atoms with Gasteiger partial charge < -0.3 is 19.5 Å². The molecule has 7 heteroatoms. The molecular weight excluding hydrogens is 370 g/mol. The first-order chi connectivity index (χ1) is 12.7. The van der Waals surface area contributed by atoms with E-state index in [4.69, 9.17) is 14.2 Å². The van der Waals surface area contributed by atoms with Gasteiger partial charge in [0.25, 0.3) is 5.91 Å². The number of carbonyl (C=O) groups excluding carboxylic acids is 1. The molecule has 5 nitrogen and oxygen atoms in total. The third kappa shape index (κ3) is 4.80. The molecule has 0 spiro atoms. The van der Waals surface area contributed by atoms with Crippen LogP contribution in [0.1, 0.15) is 10.1 Å². The number of benzene rings is 2. The van der Waals surface area contributed by atoms with Gasteiger partial charge in [0.05, 0.1) is 18.8 Å². The van der Waals surface area contributed by atoms with Crippen molar-refractivity contribution in [3.05, 3.63) is 48.0 Å². The molecule has 138 valence electrons. The van der Waals surface area contributed by atoms with E-state index in [1.54, 1.807) is 26.4 Å². The zero-order valence-corrected chi connectivity index (χ0v) is 16.3. The van der Waals surface area contributed by atoms with Crippen LogP contribution in [0.5, 0.6) is 17.2 Å². The summed E-state index contributed by atoms with van der Waals surface area (Å²) in [6.07, 6.45) is 0. The van der Waals surface area contributed by atoms with Crippen molar-refractivity contribution in [3.63, 3.8) is 0 Å². The van der Waals surface area contributed by atoms with E-state index in [1.807, 2.05) is 53.9 Å². The summed E-state index contributed by atoms with van der Waals surface area (Å²) in [7, 11) is 3.19. The Morgan fingerprint density at radius 1 is 1.08 bits per heavy atom. The first kappa shape index (κ1) is 18.8. The van der Waals surface area contributed by atoms with E-state index in [9.17, 15) is 4.79 Å². The summed E-state index contributed by atoms with van der Waals surface area (Å²) in [6.45, 7) is -0.0974. The molecular formula is C19H21NO4S2. The van der Waals surface area contributed by atoms with Gasteiger partial charge >= 0.3 is 0 Å². The van der Waals surface area contributed by atoms with E-state index in [1.165, 1.54) is 17.1 Å². The smallest absolute Gasteiger partial charge is 0.262 e. The molecule has 0 aromatic heterocycles. The van der Waals surface area contributed by atoms with Crippen molar-refractivity contribution < 1.29 is 19.0 Å². The Bertz CT molecular complexity index is 763. The molecule has 0 radical (unpaired) electrons. The molecule has 0 saturated carbocycles. The second-order valence-corrected chi connectivity index (χ2v) is 8.28. The lowest BCUT2D eigenvalue weighted by atomic mass is 10.2. The van der Waals surface area contributed by atoms with Gasteiger partial charge in [-0.3, -0.25) is 4.79 Å². The van der Waals surface area contributed by atoms with E-state index in [0.29, 0.717) is 27.5 Å². The number of hydrogen-bond donors (Lipinski definition) is 1. The highest BCUT2D eigenvalue weighted by molar-refractivity contribution is 8.19. The maximum Gasteiger partial charge on any atom is 0.262 e. The van der Waals surface area contributed by atoms with Crippen LogP contribution in [0.2, 0.25) is 0 Å². The van der Waals surface area contributed by atoms with Crippen molar-refractivity contribution in [3.8, 4) is 17.2 Å². The van der Waals surface area contributed by atoms with Gasteiger partial charge in [-0.05, 0) is 29.8 Å². The summed E-state index contributed by atoms with van der Waals surface area (Å²) in [5.41, 5.74) is 1.87. The largest absolute Gasteiger partial charge is 0.497 e. The van der Waals surface area contributed by atoms with Gasteiger partial charge in [-0.1, -0.05) is 12.1 Å². The number of thioether (sulfide) groups is 2. The Hall–Kier alpha value is -1.99. The van der Waals surface area contributed by atoms with Crippen LogP contribution in [0.15, 0.2) is 42.5 Å². The van der Waals surface area contributed by atoms with Crippen molar-refractivity contribution in [2.45, 2.75) is 4.58 Å². The van der Waals surface area contributed by atoms with Crippen LogP contribution in [0.4, 0.5) is 5.69 Å². The Morgan fingerprint density at radius 3 is 2.62 bits per heavy atom. The molecule has 1 saturated heterocycles. The second kappa shape index (κ2) is 9.09. The summed E-state index contributed by atoms with van der Waals surface area (Å²) in [6, 6.07) is 13.1. The average Bonchev–Trinajstić information content (AvgIpc) is 3.21. The summed E-state index contributed by atoms with van der Waals surface area (Å²) in [4.78, 5) is 12.1. The van der Waals surface area contributed by atoms with Gasteiger partial charge in [-0.15, -0.1) is 23.5 Å². The molecule has 3 rings (SSSR count). The van der Waals surface area contributed by atoms with Crippen LogP contribution in [0.3, 0.4) is 0 Å². The minimum Gasteiger partial charge on any atom is -0.497 e. The molecule has 0 unspecified atom stereocenters. The minimum atomic E-state index is -0.244. The molecule has 1 fully saturated rings. The summed E-state index contributed by atoms with van der Waals surface area (Å²) in [5.74, 6) is 3.98. The number of carbonyl (C=O) groups is 1.